The molecule has 0 saturated carbocycles. The molecular formula is C19H14Cl2F3N5OS. The van der Waals surface area contributed by atoms with Crippen molar-refractivity contribution in [3.63, 3.8) is 0 Å². The minimum atomic E-state index is -4.60. The Bertz CT molecular complexity index is 1180. The number of carbonyl (C=O) groups excluding carboxylic acids is 1. The molecule has 0 fully saturated rings. The van der Waals surface area contributed by atoms with Crippen LogP contribution in [-0.2, 0) is 11.0 Å². The lowest BCUT2D eigenvalue weighted by Gasteiger charge is -2.22. The smallest absolute Gasteiger partial charge is 0.311 e. The molecule has 0 radical (unpaired) electrons. The zero-order valence-electron chi connectivity index (χ0n) is 16.0. The fraction of sp³-hybridized carbons (Fsp3) is 0.263. The minimum absolute atomic E-state index is 0.0549. The summed E-state index contributed by atoms with van der Waals surface area (Å²) < 4.78 is 40.4. The maximum atomic E-state index is 13.1. The van der Waals surface area contributed by atoms with Crippen LogP contribution in [0.25, 0.3) is 5.65 Å². The van der Waals surface area contributed by atoms with Gasteiger partial charge in [0, 0.05) is 23.5 Å². The first kappa shape index (κ1) is 23.2. The molecule has 31 heavy (non-hydrogen) atoms. The summed E-state index contributed by atoms with van der Waals surface area (Å²) in [5.41, 5.74) is 0.431. The maximum Gasteiger partial charge on any atom is 0.417 e. The fourth-order valence-electron chi connectivity index (χ4n) is 2.75. The highest BCUT2D eigenvalue weighted by atomic mass is 35.5. The molecule has 12 heteroatoms. The van der Waals surface area contributed by atoms with Gasteiger partial charge in [-0.3, -0.25) is 9.20 Å². The summed E-state index contributed by atoms with van der Waals surface area (Å²) in [5.74, 6) is -0.487. The number of rotatable bonds is 6. The molecule has 3 rings (SSSR count). The summed E-state index contributed by atoms with van der Waals surface area (Å²) in [7, 11) is 0. The highest BCUT2D eigenvalue weighted by Crippen LogP contribution is 2.33. The number of pyridine rings is 1. The Kier molecular flexibility index (Phi) is 6.99. The molecule has 1 aromatic carbocycles. The molecule has 0 aliphatic rings. The Hall–Kier alpha value is -2.48. The molecule has 0 aliphatic carbocycles. The van der Waals surface area contributed by atoms with Crippen LogP contribution in [0.15, 0.2) is 35.6 Å². The second-order valence-electron chi connectivity index (χ2n) is 6.43. The molecule has 3 aromatic rings. The van der Waals surface area contributed by atoms with Crippen molar-refractivity contribution >= 4 is 52.2 Å². The van der Waals surface area contributed by atoms with Gasteiger partial charge in [-0.1, -0.05) is 35.0 Å². The normalized spacial score (nSPS) is 11.5. The largest absolute Gasteiger partial charge is 0.417 e. The number of benzene rings is 1. The van der Waals surface area contributed by atoms with Gasteiger partial charge in [-0.2, -0.15) is 18.4 Å². The Morgan fingerprint density at radius 2 is 2.00 bits per heavy atom. The predicted octanol–water partition coefficient (Wildman–Crippen LogP) is 5.40. The lowest BCUT2D eigenvalue weighted by molar-refractivity contribution is -0.137. The van der Waals surface area contributed by atoms with Crippen LogP contribution in [0.3, 0.4) is 0 Å². The summed E-state index contributed by atoms with van der Waals surface area (Å²) in [4.78, 5) is 14.3. The van der Waals surface area contributed by atoms with Gasteiger partial charge in [-0.05, 0) is 36.8 Å². The number of hydrogen-bond donors (Lipinski definition) is 0. The van der Waals surface area contributed by atoms with Crippen molar-refractivity contribution in [2.45, 2.75) is 24.7 Å². The molecule has 2 heterocycles. The van der Waals surface area contributed by atoms with E-state index in [1.54, 1.807) is 25.1 Å². The van der Waals surface area contributed by atoms with Gasteiger partial charge in [0.2, 0.25) is 5.91 Å². The zero-order chi connectivity index (χ0) is 22.8. The Balaban J connectivity index is 1.85. The van der Waals surface area contributed by atoms with Gasteiger partial charge in [0.15, 0.2) is 10.8 Å². The van der Waals surface area contributed by atoms with E-state index in [1.807, 2.05) is 6.07 Å². The van der Waals surface area contributed by atoms with Crippen molar-refractivity contribution in [2.24, 2.45) is 0 Å². The standard InChI is InChI=1S/C19H14Cl2F3N5OS/c1-11-7-13(3-4-14(11)20)28(6-2-5-25)16(30)10-31-18-27-26-17-15(21)8-12(9-29(17)18)19(22,23)24/h3-4,7-9H,2,6,10H2,1H3. The number of anilines is 1. The van der Waals surface area contributed by atoms with E-state index in [1.165, 1.54) is 4.90 Å². The number of aromatic nitrogens is 3. The lowest BCUT2D eigenvalue weighted by atomic mass is 10.2. The first-order valence-corrected chi connectivity index (χ1v) is 10.5. The topological polar surface area (TPSA) is 74.3 Å². The Morgan fingerprint density at radius 1 is 1.26 bits per heavy atom. The molecule has 0 spiro atoms. The molecule has 0 N–H and O–H groups in total. The lowest BCUT2D eigenvalue weighted by Crippen LogP contribution is -2.33. The van der Waals surface area contributed by atoms with Crippen LogP contribution >= 0.6 is 35.0 Å². The molecular weight excluding hydrogens is 474 g/mol. The number of hydrogen-bond acceptors (Lipinski definition) is 5. The SMILES string of the molecule is Cc1cc(N(CCC#N)C(=O)CSc2nnc3c(Cl)cc(C(F)(F)F)cn23)ccc1Cl. The van der Waals surface area contributed by atoms with E-state index < -0.39 is 11.7 Å². The van der Waals surface area contributed by atoms with Crippen LogP contribution < -0.4 is 4.90 Å². The number of alkyl halides is 3. The molecule has 162 valence electrons. The van der Waals surface area contributed by atoms with E-state index in [0.29, 0.717) is 10.7 Å². The second kappa shape index (κ2) is 9.34. The van der Waals surface area contributed by atoms with E-state index in [9.17, 15) is 18.0 Å². The summed E-state index contributed by atoms with van der Waals surface area (Å²) in [5, 5.41) is 17.0. The monoisotopic (exact) mass is 487 g/mol. The number of fused-ring (bicyclic) bond motifs is 1. The third-order valence-electron chi connectivity index (χ3n) is 4.28. The van der Waals surface area contributed by atoms with Gasteiger partial charge >= 0.3 is 6.18 Å². The first-order valence-electron chi connectivity index (χ1n) is 8.79. The summed E-state index contributed by atoms with van der Waals surface area (Å²) >= 11 is 12.9. The average molecular weight is 488 g/mol. The number of amides is 1. The number of halogens is 5. The van der Waals surface area contributed by atoms with E-state index in [-0.39, 0.29) is 40.5 Å². The molecule has 0 aliphatic heterocycles. The van der Waals surface area contributed by atoms with E-state index in [0.717, 1.165) is 34.0 Å². The highest BCUT2D eigenvalue weighted by Gasteiger charge is 2.32. The molecule has 0 unspecified atom stereocenters. The van der Waals surface area contributed by atoms with Crippen LogP contribution in [0.5, 0.6) is 0 Å². The van der Waals surface area contributed by atoms with Gasteiger partial charge in [-0.25, -0.2) is 0 Å². The van der Waals surface area contributed by atoms with Crippen LogP contribution in [0.2, 0.25) is 10.0 Å². The maximum absolute atomic E-state index is 13.1. The fourth-order valence-corrected chi connectivity index (χ4v) is 3.90. The van der Waals surface area contributed by atoms with Crippen molar-refractivity contribution in [3.8, 4) is 6.07 Å². The quantitative estimate of drug-likeness (QED) is 0.435. The molecule has 0 saturated heterocycles. The van der Waals surface area contributed by atoms with Crippen molar-refractivity contribution in [2.75, 3.05) is 17.2 Å². The molecule has 0 atom stereocenters. The number of nitrogens with zero attached hydrogens (tertiary/aromatic N) is 5. The third kappa shape index (κ3) is 5.23. The number of thioether (sulfide) groups is 1. The number of carbonyl (C=O) groups is 1. The Morgan fingerprint density at radius 3 is 2.65 bits per heavy atom. The van der Waals surface area contributed by atoms with Gasteiger partial charge in [0.05, 0.1) is 28.8 Å². The molecule has 6 nitrogen and oxygen atoms in total. The van der Waals surface area contributed by atoms with Crippen molar-refractivity contribution in [3.05, 3.63) is 51.6 Å². The van der Waals surface area contributed by atoms with E-state index >= 15 is 0 Å². The third-order valence-corrected chi connectivity index (χ3v) is 5.91. The Labute approximate surface area is 189 Å². The zero-order valence-corrected chi connectivity index (χ0v) is 18.3. The predicted molar refractivity (Wildman–Crippen MR) is 112 cm³/mol. The average Bonchev–Trinajstić information content (AvgIpc) is 3.12. The van der Waals surface area contributed by atoms with Gasteiger partial charge in [0.25, 0.3) is 0 Å². The van der Waals surface area contributed by atoms with Gasteiger partial charge in [-0.15, -0.1) is 10.2 Å². The highest BCUT2D eigenvalue weighted by molar-refractivity contribution is 7.99. The van der Waals surface area contributed by atoms with Crippen molar-refractivity contribution < 1.29 is 18.0 Å². The number of nitriles is 1. The molecule has 2 aromatic heterocycles. The second-order valence-corrected chi connectivity index (χ2v) is 8.18. The van der Waals surface area contributed by atoms with Crippen LogP contribution in [0.4, 0.5) is 18.9 Å². The molecule has 0 bridgehead atoms. The number of aryl methyl sites for hydroxylation is 1. The van der Waals surface area contributed by atoms with Crippen LogP contribution in [-0.4, -0.2) is 32.8 Å². The minimum Gasteiger partial charge on any atom is -0.311 e. The summed E-state index contributed by atoms with van der Waals surface area (Å²) in [6.45, 7) is 1.94. The van der Waals surface area contributed by atoms with Crippen molar-refractivity contribution in [1.29, 1.82) is 5.26 Å². The van der Waals surface area contributed by atoms with Crippen LogP contribution in [0, 0.1) is 18.3 Å². The van der Waals surface area contributed by atoms with Crippen LogP contribution in [0.1, 0.15) is 17.5 Å². The van der Waals surface area contributed by atoms with E-state index in [2.05, 4.69) is 10.2 Å². The summed E-state index contributed by atoms with van der Waals surface area (Å²) in [6.07, 6.45) is -3.65. The van der Waals surface area contributed by atoms with E-state index in [4.69, 9.17) is 28.5 Å². The van der Waals surface area contributed by atoms with Crippen molar-refractivity contribution in [1.82, 2.24) is 14.6 Å². The van der Waals surface area contributed by atoms with Gasteiger partial charge < -0.3 is 4.90 Å². The molecule has 1 amide bonds. The summed E-state index contributed by atoms with van der Waals surface area (Å²) in [6, 6.07) is 7.81. The van der Waals surface area contributed by atoms with Gasteiger partial charge in [0.1, 0.15) is 0 Å². The first-order chi connectivity index (χ1) is 14.6.